The van der Waals surface area contributed by atoms with Crippen molar-refractivity contribution in [3.8, 4) is 0 Å². The fraction of sp³-hybridized carbons (Fsp3) is 0.100. The molecule has 0 fully saturated rings. The molecule has 1 rings (SSSR count). The normalized spacial score (nSPS) is 10.6. The lowest BCUT2D eigenvalue weighted by Gasteiger charge is -1.95. The third-order valence-corrected chi connectivity index (χ3v) is 1.65. The number of hydrazone groups is 1. The fourth-order valence-electron chi connectivity index (χ4n) is 0.855. The summed E-state index contributed by atoms with van der Waals surface area (Å²) in [5.74, 6) is -3.75. The van der Waals surface area contributed by atoms with Gasteiger partial charge in [-0.2, -0.15) is 23.9 Å². The molecule has 20 heavy (non-hydrogen) atoms. The first-order valence-corrected chi connectivity index (χ1v) is 4.74. The summed E-state index contributed by atoms with van der Waals surface area (Å²) >= 11 is 0. The van der Waals surface area contributed by atoms with Crippen molar-refractivity contribution in [3.63, 3.8) is 0 Å². The van der Waals surface area contributed by atoms with E-state index in [1.165, 1.54) is 18.3 Å². The minimum atomic E-state index is -5.08. The van der Waals surface area contributed by atoms with Gasteiger partial charge in [0, 0.05) is 0 Å². The molecule has 1 aromatic carbocycles. The van der Waals surface area contributed by atoms with Crippen molar-refractivity contribution >= 4 is 18.2 Å². The van der Waals surface area contributed by atoms with E-state index >= 15 is 0 Å². The molecule has 0 aliphatic rings. The van der Waals surface area contributed by atoms with Crippen LogP contribution in [-0.4, -0.2) is 39.7 Å². The van der Waals surface area contributed by atoms with E-state index in [4.69, 9.17) is 20.2 Å². The number of aromatic carboxylic acids is 1. The summed E-state index contributed by atoms with van der Waals surface area (Å²) in [6.07, 6.45) is -3.77. The minimum Gasteiger partial charge on any atom is -0.478 e. The lowest BCUT2D eigenvalue weighted by molar-refractivity contribution is -0.192. The zero-order valence-corrected chi connectivity index (χ0v) is 9.63. The van der Waals surface area contributed by atoms with Crippen molar-refractivity contribution in [3.05, 3.63) is 35.4 Å². The van der Waals surface area contributed by atoms with E-state index in [0.717, 1.165) is 0 Å². The quantitative estimate of drug-likeness (QED) is 0.493. The van der Waals surface area contributed by atoms with Gasteiger partial charge in [-0.05, 0) is 17.7 Å². The number of carbonyl (C=O) groups is 2. The third-order valence-electron chi connectivity index (χ3n) is 1.65. The monoisotopic (exact) mass is 294 g/mol. The Morgan fingerprint density at radius 2 is 1.80 bits per heavy atom. The molecule has 0 saturated heterocycles. The van der Waals surface area contributed by atoms with E-state index < -0.39 is 18.1 Å². The van der Waals surface area contributed by atoms with Crippen LogP contribution in [0.5, 0.6) is 0 Å². The van der Waals surface area contributed by atoms with Crippen LogP contribution >= 0.6 is 0 Å². The van der Waals surface area contributed by atoms with Crippen LogP contribution in [0.1, 0.15) is 15.9 Å². The summed E-state index contributed by atoms with van der Waals surface area (Å²) in [6, 6.07) is 6.20. The fourth-order valence-corrected chi connectivity index (χ4v) is 0.855. The molecule has 0 aromatic heterocycles. The summed E-state index contributed by atoms with van der Waals surface area (Å²) in [5, 5.41) is 27.2. The van der Waals surface area contributed by atoms with Crippen molar-refractivity contribution in [2.24, 2.45) is 5.10 Å². The van der Waals surface area contributed by atoms with E-state index in [0.29, 0.717) is 5.56 Å². The zero-order chi connectivity index (χ0) is 15.8. The Bertz CT molecular complexity index is 502. The average Bonchev–Trinajstić information content (AvgIpc) is 2.36. The van der Waals surface area contributed by atoms with Crippen LogP contribution < -0.4 is 5.59 Å². The molecule has 0 unspecified atom stereocenters. The Labute approximate surface area is 109 Å². The number of hydrogen-bond acceptors (Lipinski definition) is 5. The van der Waals surface area contributed by atoms with E-state index in [1.54, 1.807) is 17.7 Å². The van der Waals surface area contributed by atoms with Crippen LogP contribution in [-0.2, 0) is 4.79 Å². The van der Waals surface area contributed by atoms with Gasteiger partial charge in [-0.25, -0.2) is 9.59 Å². The molecule has 0 bridgehead atoms. The number of nitrogens with zero attached hydrogens (tertiary/aromatic N) is 1. The Kier molecular flexibility index (Phi) is 6.72. The average molecular weight is 294 g/mol. The van der Waals surface area contributed by atoms with E-state index in [2.05, 4.69) is 5.10 Å². The Morgan fingerprint density at radius 1 is 1.25 bits per heavy atom. The van der Waals surface area contributed by atoms with Crippen LogP contribution in [0, 0.1) is 0 Å². The van der Waals surface area contributed by atoms with Gasteiger partial charge in [0.15, 0.2) is 0 Å². The third kappa shape index (κ3) is 6.96. The maximum absolute atomic E-state index is 10.6. The van der Waals surface area contributed by atoms with Gasteiger partial charge >= 0.3 is 18.1 Å². The van der Waals surface area contributed by atoms with Gasteiger partial charge in [0.1, 0.15) is 0 Å². The SMILES string of the molecule is O=C(O)C(F)(F)F.O=C(O)c1cccc(/C=N/NO)c1. The molecule has 0 atom stereocenters. The van der Waals surface area contributed by atoms with Crippen molar-refractivity contribution < 1.29 is 38.2 Å². The lowest BCUT2D eigenvalue weighted by atomic mass is 10.1. The summed E-state index contributed by atoms with van der Waals surface area (Å²) in [7, 11) is 0. The molecule has 0 radical (unpaired) electrons. The number of hydrogen-bond donors (Lipinski definition) is 4. The minimum absolute atomic E-state index is 0.182. The molecule has 0 amide bonds. The summed E-state index contributed by atoms with van der Waals surface area (Å²) in [5.41, 5.74) is 2.37. The first-order chi connectivity index (χ1) is 9.18. The number of alkyl halides is 3. The molecular formula is C10H9F3N2O5. The molecule has 1 aromatic rings. The number of rotatable bonds is 3. The highest BCUT2D eigenvalue weighted by Gasteiger charge is 2.38. The number of carboxylic acid groups (broad SMARTS) is 2. The molecule has 7 nitrogen and oxygen atoms in total. The number of aliphatic carboxylic acids is 1. The van der Waals surface area contributed by atoms with Crippen LogP contribution in [0.4, 0.5) is 13.2 Å². The Balaban J connectivity index is 0.000000441. The van der Waals surface area contributed by atoms with Crippen LogP contribution in [0.15, 0.2) is 29.4 Å². The highest BCUT2D eigenvalue weighted by atomic mass is 19.4. The van der Waals surface area contributed by atoms with E-state index in [-0.39, 0.29) is 5.56 Å². The Morgan fingerprint density at radius 3 is 2.20 bits per heavy atom. The van der Waals surface area contributed by atoms with Crippen molar-refractivity contribution in [1.29, 1.82) is 0 Å². The topological polar surface area (TPSA) is 119 Å². The zero-order valence-electron chi connectivity index (χ0n) is 9.63. The number of nitrogens with one attached hydrogen (secondary N) is 1. The van der Waals surface area contributed by atoms with E-state index in [9.17, 15) is 18.0 Å². The Hall–Kier alpha value is -2.62. The van der Waals surface area contributed by atoms with Crippen LogP contribution in [0.25, 0.3) is 0 Å². The maximum Gasteiger partial charge on any atom is 0.490 e. The molecule has 0 aliphatic carbocycles. The number of halogens is 3. The van der Waals surface area contributed by atoms with Gasteiger partial charge in [-0.15, -0.1) is 0 Å². The predicted molar refractivity (Wildman–Crippen MR) is 59.6 cm³/mol. The summed E-state index contributed by atoms with van der Waals surface area (Å²) < 4.78 is 31.7. The first kappa shape index (κ1) is 17.4. The second-order valence-corrected chi connectivity index (χ2v) is 3.09. The first-order valence-electron chi connectivity index (χ1n) is 4.74. The second-order valence-electron chi connectivity index (χ2n) is 3.09. The molecule has 0 saturated carbocycles. The van der Waals surface area contributed by atoms with Crippen molar-refractivity contribution in [2.75, 3.05) is 0 Å². The van der Waals surface area contributed by atoms with Crippen molar-refractivity contribution in [1.82, 2.24) is 5.59 Å². The van der Waals surface area contributed by atoms with Gasteiger partial charge in [0.05, 0.1) is 11.8 Å². The van der Waals surface area contributed by atoms with Crippen LogP contribution in [0.3, 0.4) is 0 Å². The molecule has 110 valence electrons. The van der Waals surface area contributed by atoms with Gasteiger partial charge in [0.2, 0.25) is 0 Å². The molecular weight excluding hydrogens is 285 g/mol. The van der Waals surface area contributed by atoms with Crippen molar-refractivity contribution in [2.45, 2.75) is 6.18 Å². The molecule has 0 aliphatic heterocycles. The van der Waals surface area contributed by atoms with E-state index in [1.807, 2.05) is 0 Å². The smallest absolute Gasteiger partial charge is 0.478 e. The predicted octanol–water partition coefficient (Wildman–Crippen LogP) is 1.33. The molecule has 10 heteroatoms. The van der Waals surface area contributed by atoms with Gasteiger partial charge in [-0.1, -0.05) is 12.1 Å². The van der Waals surface area contributed by atoms with Gasteiger partial charge < -0.3 is 10.2 Å². The second kappa shape index (κ2) is 7.74. The summed E-state index contributed by atoms with van der Waals surface area (Å²) in [4.78, 5) is 19.4. The highest BCUT2D eigenvalue weighted by molar-refractivity contribution is 5.90. The molecule has 0 spiro atoms. The standard InChI is InChI=1S/C8H8N2O3.C2HF3O2/c11-8(12)7-3-1-2-6(4-7)5-9-10-13;3-2(4,5)1(6)7/h1-5,10,13H,(H,11,12);(H,6,7)/b9-5+;. The van der Waals surface area contributed by atoms with Gasteiger partial charge in [-0.3, -0.25) is 5.21 Å². The number of carboxylic acids is 2. The number of benzene rings is 1. The lowest BCUT2D eigenvalue weighted by Crippen LogP contribution is -2.21. The highest BCUT2D eigenvalue weighted by Crippen LogP contribution is 2.13. The van der Waals surface area contributed by atoms with Crippen LogP contribution in [0.2, 0.25) is 0 Å². The molecule has 0 heterocycles. The summed E-state index contributed by atoms with van der Waals surface area (Å²) in [6.45, 7) is 0. The largest absolute Gasteiger partial charge is 0.490 e. The molecule has 4 N–H and O–H groups in total. The van der Waals surface area contributed by atoms with Gasteiger partial charge in [0.25, 0.3) is 0 Å². The maximum atomic E-state index is 10.6.